The van der Waals surface area contributed by atoms with E-state index in [0.29, 0.717) is 18.1 Å². The van der Waals surface area contributed by atoms with Crippen LogP contribution in [0.3, 0.4) is 0 Å². The molecule has 1 atom stereocenters. The van der Waals surface area contributed by atoms with Gasteiger partial charge in [-0.15, -0.1) is 22.0 Å². The van der Waals surface area contributed by atoms with E-state index in [1.54, 1.807) is 13.1 Å². The summed E-state index contributed by atoms with van der Waals surface area (Å²) < 4.78 is 27.3. The zero-order valence-electron chi connectivity index (χ0n) is 18.8. The molecule has 2 aliphatic heterocycles. The summed E-state index contributed by atoms with van der Waals surface area (Å²) in [6.45, 7) is 0.194. The van der Waals surface area contributed by atoms with Gasteiger partial charge in [-0.05, 0) is 16.8 Å². The van der Waals surface area contributed by atoms with Crippen LogP contribution in [0.5, 0.6) is 0 Å². The smallest absolute Gasteiger partial charge is 0.293 e. The predicted molar refractivity (Wildman–Crippen MR) is 125 cm³/mol. The number of aromatic nitrogens is 5. The lowest BCUT2D eigenvalue weighted by Crippen LogP contribution is -2.48. The van der Waals surface area contributed by atoms with Gasteiger partial charge in [0.05, 0.1) is 25.0 Å². The summed E-state index contributed by atoms with van der Waals surface area (Å²) in [5.74, 6) is -3.12. The third kappa shape index (κ3) is 4.94. The average Bonchev–Trinajstić information content (AvgIpc) is 3.44. The molecule has 1 N–H and O–H groups in total. The van der Waals surface area contributed by atoms with E-state index in [9.17, 15) is 18.4 Å². The average molecular weight is 501 g/mol. The van der Waals surface area contributed by atoms with Gasteiger partial charge in [-0.1, -0.05) is 30.3 Å². The normalized spacial score (nSPS) is 19.4. The van der Waals surface area contributed by atoms with E-state index >= 15 is 0 Å². The quantitative estimate of drug-likeness (QED) is 0.565. The highest BCUT2D eigenvalue weighted by molar-refractivity contribution is 7.99. The van der Waals surface area contributed by atoms with Gasteiger partial charge < -0.3 is 15.1 Å². The van der Waals surface area contributed by atoms with E-state index in [0.717, 1.165) is 10.5 Å². The second kappa shape index (κ2) is 9.21. The van der Waals surface area contributed by atoms with E-state index in [-0.39, 0.29) is 37.0 Å². The van der Waals surface area contributed by atoms with Crippen LogP contribution in [0.15, 0.2) is 47.5 Å². The van der Waals surface area contributed by atoms with E-state index in [1.807, 2.05) is 30.3 Å². The first kappa shape index (κ1) is 23.1. The molecule has 5 rings (SSSR count). The van der Waals surface area contributed by atoms with Crippen LogP contribution in [0.25, 0.3) is 0 Å². The Kier molecular flexibility index (Phi) is 6.09. The molecule has 35 heavy (non-hydrogen) atoms. The number of tetrazole rings is 1. The number of thioether (sulfide) groups is 1. The third-order valence-electron chi connectivity index (χ3n) is 5.85. The first-order chi connectivity index (χ1) is 16.8. The fourth-order valence-electron chi connectivity index (χ4n) is 3.96. The van der Waals surface area contributed by atoms with Gasteiger partial charge in [-0.25, -0.2) is 13.8 Å². The van der Waals surface area contributed by atoms with Gasteiger partial charge >= 0.3 is 0 Å². The maximum atomic E-state index is 13.6. The molecule has 1 fully saturated rings. The maximum absolute atomic E-state index is 13.6. The molecule has 4 heterocycles. The Bertz CT molecular complexity index is 1260. The van der Waals surface area contributed by atoms with Crippen molar-refractivity contribution in [3.05, 3.63) is 54.0 Å². The van der Waals surface area contributed by atoms with Crippen LogP contribution in [0.1, 0.15) is 22.6 Å². The van der Waals surface area contributed by atoms with Gasteiger partial charge in [0.25, 0.3) is 17.7 Å². The Labute approximate surface area is 203 Å². The Morgan fingerprint density at radius 2 is 2.09 bits per heavy atom. The number of carbonyl (C=O) groups excluding carboxylic acids is 2. The molecule has 0 saturated carbocycles. The molecule has 0 unspecified atom stereocenters. The van der Waals surface area contributed by atoms with Crippen LogP contribution >= 0.6 is 11.8 Å². The molecule has 13 heteroatoms. The lowest BCUT2D eigenvalue weighted by Gasteiger charge is -2.22. The minimum Gasteiger partial charge on any atom is -0.350 e. The van der Waals surface area contributed by atoms with Crippen molar-refractivity contribution in [2.45, 2.75) is 29.8 Å². The SMILES string of the molecule is CN1C(=O)[C@@H](NC(=O)c2nnn(Cc3ccccc3)n2)CSc2cc(N3CCC(F)(F)C3)ncc21. The fraction of sp³-hybridized carbons (Fsp3) is 0.364. The molecule has 2 aromatic heterocycles. The Hall–Kier alpha value is -3.61. The molecule has 0 spiro atoms. The lowest BCUT2D eigenvalue weighted by molar-refractivity contribution is -0.119. The van der Waals surface area contributed by atoms with Crippen LogP contribution < -0.4 is 15.1 Å². The van der Waals surface area contributed by atoms with Crippen molar-refractivity contribution in [3.8, 4) is 0 Å². The molecule has 2 aliphatic rings. The number of anilines is 2. The van der Waals surface area contributed by atoms with E-state index in [4.69, 9.17) is 0 Å². The molecular weight excluding hydrogens is 478 g/mol. The summed E-state index contributed by atoms with van der Waals surface area (Å²) in [5, 5.41) is 14.5. The first-order valence-corrected chi connectivity index (χ1v) is 11.9. The number of pyridine rings is 1. The largest absolute Gasteiger partial charge is 0.350 e. The number of fused-ring (bicyclic) bond motifs is 1. The van der Waals surface area contributed by atoms with Crippen molar-refractivity contribution >= 4 is 35.1 Å². The minimum absolute atomic E-state index is 0.137. The first-order valence-electron chi connectivity index (χ1n) is 10.9. The molecule has 0 bridgehead atoms. The molecule has 2 amide bonds. The molecule has 1 aromatic carbocycles. The molecule has 1 saturated heterocycles. The van der Waals surface area contributed by atoms with Crippen molar-refractivity contribution in [3.63, 3.8) is 0 Å². The highest BCUT2D eigenvalue weighted by Gasteiger charge is 2.39. The number of nitrogens with one attached hydrogen (secondary N) is 1. The summed E-state index contributed by atoms with van der Waals surface area (Å²) in [5.41, 5.74) is 1.51. The lowest BCUT2D eigenvalue weighted by atomic mass is 10.2. The van der Waals surface area contributed by atoms with Crippen molar-refractivity contribution in [2.75, 3.05) is 35.7 Å². The Morgan fingerprint density at radius 3 is 2.83 bits per heavy atom. The van der Waals surface area contributed by atoms with E-state index in [2.05, 4.69) is 25.7 Å². The Morgan fingerprint density at radius 1 is 1.29 bits per heavy atom. The number of hydrogen-bond donors (Lipinski definition) is 1. The summed E-state index contributed by atoms with van der Waals surface area (Å²) in [6.07, 6.45) is 1.29. The number of halogens is 2. The summed E-state index contributed by atoms with van der Waals surface area (Å²) in [6, 6.07) is 10.4. The van der Waals surface area contributed by atoms with Crippen molar-refractivity contribution in [2.24, 2.45) is 0 Å². The van der Waals surface area contributed by atoms with Gasteiger partial charge in [-0.3, -0.25) is 9.59 Å². The standard InChI is InChI=1S/C22H22F2N8O2S/c1-30-16-10-25-18(31-8-7-22(23,24)13-31)9-17(16)35-12-15(21(30)34)26-20(33)19-27-29-32(28-19)11-14-5-3-2-4-6-14/h2-6,9-10,15H,7-8,11-13H2,1H3,(H,26,33)/t15-/m0/s1. The molecule has 10 nitrogen and oxygen atoms in total. The number of amides is 2. The summed E-state index contributed by atoms with van der Waals surface area (Å²) in [7, 11) is 1.59. The highest BCUT2D eigenvalue weighted by atomic mass is 32.2. The monoisotopic (exact) mass is 500 g/mol. The van der Waals surface area contributed by atoms with Gasteiger partial charge in [0.2, 0.25) is 5.91 Å². The third-order valence-corrected chi connectivity index (χ3v) is 6.99. The second-order valence-corrected chi connectivity index (χ2v) is 9.46. The zero-order chi connectivity index (χ0) is 24.6. The minimum atomic E-state index is -2.74. The van der Waals surface area contributed by atoms with Crippen LogP contribution in [0.2, 0.25) is 0 Å². The van der Waals surface area contributed by atoms with E-state index in [1.165, 1.54) is 32.6 Å². The number of likely N-dealkylation sites (N-methyl/N-ethyl adjacent to an activating group) is 1. The molecule has 0 aliphatic carbocycles. The summed E-state index contributed by atoms with van der Waals surface area (Å²) >= 11 is 1.35. The van der Waals surface area contributed by atoms with Crippen molar-refractivity contribution in [1.29, 1.82) is 0 Å². The van der Waals surface area contributed by atoms with Gasteiger partial charge in [0.15, 0.2) is 0 Å². The second-order valence-electron chi connectivity index (χ2n) is 8.40. The van der Waals surface area contributed by atoms with Gasteiger partial charge in [0, 0.05) is 30.7 Å². The highest BCUT2D eigenvalue weighted by Crippen LogP contribution is 2.37. The zero-order valence-corrected chi connectivity index (χ0v) is 19.6. The topological polar surface area (TPSA) is 109 Å². The van der Waals surface area contributed by atoms with Crippen LogP contribution in [0, 0.1) is 0 Å². The number of alkyl halides is 2. The summed E-state index contributed by atoms with van der Waals surface area (Å²) in [4.78, 5) is 35.1. The molecular formula is C22H22F2N8O2S. The van der Waals surface area contributed by atoms with Crippen molar-refractivity contribution < 1.29 is 18.4 Å². The maximum Gasteiger partial charge on any atom is 0.293 e. The number of nitrogens with zero attached hydrogens (tertiary/aromatic N) is 7. The van der Waals surface area contributed by atoms with Gasteiger partial charge in [-0.2, -0.15) is 4.80 Å². The van der Waals surface area contributed by atoms with Crippen LogP contribution in [0.4, 0.5) is 20.3 Å². The molecule has 182 valence electrons. The van der Waals surface area contributed by atoms with Crippen molar-refractivity contribution in [1.82, 2.24) is 30.5 Å². The van der Waals surface area contributed by atoms with Gasteiger partial charge in [0.1, 0.15) is 11.9 Å². The number of hydrogen-bond acceptors (Lipinski definition) is 8. The van der Waals surface area contributed by atoms with Crippen LogP contribution in [-0.4, -0.2) is 74.9 Å². The van der Waals surface area contributed by atoms with E-state index < -0.39 is 17.9 Å². The predicted octanol–water partition coefficient (Wildman–Crippen LogP) is 1.83. The molecule has 3 aromatic rings. The Balaban J connectivity index is 1.27. The molecule has 0 radical (unpaired) electrons. The fourth-order valence-corrected chi connectivity index (χ4v) is 5.06. The number of benzene rings is 1. The number of carbonyl (C=O) groups is 2. The van der Waals surface area contributed by atoms with Crippen LogP contribution in [-0.2, 0) is 11.3 Å². The number of rotatable bonds is 5.